The predicted molar refractivity (Wildman–Crippen MR) is 87.1 cm³/mol. The number of nitrogens with zero attached hydrogens (tertiary/aromatic N) is 5. The molecule has 0 unspecified atom stereocenters. The summed E-state index contributed by atoms with van der Waals surface area (Å²) in [6, 6.07) is 6.42. The number of hydrogen-bond donors (Lipinski definition) is 1. The van der Waals surface area contributed by atoms with E-state index in [0.29, 0.717) is 11.3 Å². The first-order chi connectivity index (χ1) is 12.0. The predicted octanol–water partition coefficient (Wildman–Crippen LogP) is 1.41. The Bertz CT molecular complexity index is 764. The highest BCUT2D eigenvalue weighted by molar-refractivity contribution is 5.98. The lowest BCUT2D eigenvalue weighted by molar-refractivity contribution is -0.126. The number of carbonyl (C=O) groups is 2. The zero-order chi connectivity index (χ0) is 18.0. The molecule has 1 N–H and O–H groups in total. The lowest BCUT2D eigenvalue weighted by atomic mass is 10.1. The highest BCUT2D eigenvalue weighted by Crippen LogP contribution is 2.21. The third kappa shape index (κ3) is 3.31. The van der Waals surface area contributed by atoms with E-state index >= 15 is 0 Å². The Labute approximate surface area is 144 Å². The van der Waals surface area contributed by atoms with E-state index in [2.05, 4.69) is 10.2 Å². The van der Waals surface area contributed by atoms with E-state index in [-0.39, 0.29) is 31.1 Å². The molecule has 2 amide bonds. The number of rotatable bonds is 2. The van der Waals surface area contributed by atoms with Crippen molar-refractivity contribution in [3.8, 4) is 5.69 Å². The third-order valence-electron chi connectivity index (χ3n) is 4.07. The molecule has 132 valence electrons. The van der Waals surface area contributed by atoms with Crippen LogP contribution in [0.3, 0.4) is 0 Å². The summed E-state index contributed by atoms with van der Waals surface area (Å²) in [4.78, 5) is 32.7. The SMILES string of the molecule is C[C@@H]1CON(C(=O)O)C[C@H](C)N1C(=O)c1ccccc1-n1nccn1. The Hall–Kier alpha value is -2.94. The van der Waals surface area contributed by atoms with Gasteiger partial charge in [-0.3, -0.25) is 9.63 Å². The second kappa shape index (κ2) is 6.89. The monoisotopic (exact) mass is 345 g/mol. The maximum atomic E-state index is 13.2. The Morgan fingerprint density at radius 2 is 1.84 bits per heavy atom. The molecular formula is C16H19N5O4. The van der Waals surface area contributed by atoms with Crippen molar-refractivity contribution in [2.75, 3.05) is 13.2 Å². The van der Waals surface area contributed by atoms with Crippen LogP contribution in [0.5, 0.6) is 0 Å². The van der Waals surface area contributed by atoms with Gasteiger partial charge in [-0.05, 0) is 26.0 Å². The van der Waals surface area contributed by atoms with Crippen molar-refractivity contribution in [1.29, 1.82) is 0 Å². The van der Waals surface area contributed by atoms with Crippen molar-refractivity contribution < 1.29 is 19.5 Å². The number of carbonyl (C=O) groups excluding carboxylic acids is 1. The smallest absolute Gasteiger partial charge is 0.431 e. The van der Waals surface area contributed by atoms with Crippen molar-refractivity contribution in [3.63, 3.8) is 0 Å². The fraction of sp³-hybridized carbons (Fsp3) is 0.375. The summed E-state index contributed by atoms with van der Waals surface area (Å²) in [5, 5.41) is 18.2. The van der Waals surface area contributed by atoms with Gasteiger partial charge in [-0.2, -0.15) is 20.1 Å². The molecule has 1 aromatic heterocycles. The van der Waals surface area contributed by atoms with Crippen molar-refractivity contribution in [1.82, 2.24) is 25.0 Å². The second-order valence-electron chi connectivity index (χ2n) is 5.89. The fourth-order valence-corrected chi connectivity index (χ4v) is 2.93. The Morgan fingerprint density at radius 1 is 1.16 bits per heavy atom. The molecule has 0 radical (unpaired) electrons. The quantitative estimate of drug-likeness (QED) is 0.883. The minimum Gasteiger partial charge on any atom is -0.463 e. The van der Waals surface area contributed by atoms with E-state index in [4.69, 9.17) is 9.94 Å². The molecular weight excluding hydrogens is 326 g/mol. The maximum Gasteiger partial charge on any atom is 0.431 e. The van der Waals surface area contributed by atoms with Crippen molar-refractivity contribution in [3.05, 3.63) is 42.2 Å². The zero-order valence-corrected chi connectivity index (χ0v) is 13.9. The zero-order valence-electron chi connectivity index (χ0n) is 13.9. The molecule has 0 bridgehead atoms. The molecule has 1 aliphatic rings. The summed E-state index contributed by atoms with van der Waals surface area (Å²) in [5.74, 6) is -0.219. The molecule has 1 saturated heterocycles. The molecule has 0 saturated carbocycles. The van der Waals surface area contributed by atoms with E-state index < -0.39 is 6.09 Å². The molecule has 9 nitrogen and oxygen atoms in total. The van der Waals surface area contributed by atoms with Gasteiger partial charge in [0.15, 0.2) is 0 Å². The average molecular weight is 345 g/mol. The highest BCUT2D eigenvalue weighted by atomic mass is 16.7. The number of aromatic nitrogens is 3. The highest BCUT2D eigenvalue weighted by Gasteiger charge is 2.34. The van der Waals surface area contributed by atoms with Gasteiger partial charge in [-0.1, -0.05) is 12.1 Å². The maximum absolute atomic E-state index is 13.2. The largest absolute Gasteiger partial charge is 0.463 e. The Morgan fingerprint density at radius 3 is 2.52 bits per heavy atom. The summed E-state index contributed by atoms with van der Waals surface area (Å²) < 4.78 is 0. The van der Waals surface area contributed by atoms with Gasteiger partial charge in [0.05, 0.1) is 42.8 Å². The fourth-order valence-electron chi connectivity index (χ4n) is 2.93. The Balaban J connectivity index is 1.94. The lowest BCUT2D eigenvalue weighted by Gasteiger charge is -2.32. The van der Waals surface area contributed by atoms with Crippen LogP contribution in [0, 0.1) is 0 Å². The van der Waals surface area contributed by atoms with Gasteiger partial charge in [0.2, 0.25) is 0 Å². The van der Waals surface area contributed by atoms with Crippen molar-refractivity contribution in [2.45, 2.75) is 25.9 Å². The van der Waals surface area contributed by atoms with Gasteiger partial charge < -0.3 is 10.0 Å². The number of hydroxylamine groups is 2. The number of hydrogen-bond acceptors (Lipinski definition) is 5. The summed E-state index contributed by atoms with van der Waals surface area (Å²) >= 11 is 0. The lowest BCUT2D eigenvalue weighted by Crippen LogP contribution is -2.47. The van der Waals surface area contributed by atoms with Gasteiger partial charge in [0.25, 0.3) is 5.91 Å². The van der Waals surface area contributed by atoms with Crippen LogP contribution < -0.4 is 0 Å². The van der Waals surface area contributed by atoms with Gasteiger partial charge in [-0.25, -0.2) is 4.79 Å². The third-order valence-corrected chi connectivity index (χ3v) is 4.07. The van der Waals surface area contributed by atoms with Crippen LogP contribution in [0.2, 0.25) is 0 Å². The van der Waals surface area contributed by atoms with Crippen molar-refractivity contribution in [2.24, 2.45) is 0 Å². The summed E-state index contributed by atoms with van der Waals surface area (Å²) in [6.07, 6.45) is 1.91. The Kier molecular flexibility index (Phi) is 4.66. The molecule has 25 heavy (non-hydrogen) atoms. The van der Waals surface area contributed by atoms with Crippen LogP contribution in [0.15, 0.2) is 36.7 Å². The molecule has 0 spiro atoms. The van der Waals surface area contributed by atoms with E-state index in [1.54, 1.807) is 36.1 Å². The van der Waals surface area contributed by atoms with Crippen LogP contribution in [0.1, 0.15) is 24.2 Å². The van der Waals surface area contributed by atoms with E-state index in [0.717, 1.165) is 5.06 Å². The first-order valence-electron chi connectivity index (χ1n) is 7.90. The molecule has 2 heterocycles. The summed E-state index contributed by atoms with van der Waals surface area (Å²) in [6.45, 7) is 3.81. The first-order valence-corrected chi connectivity index (χ1v) is 7.90. The van der Waals surface area contributed by atoms with E-state index in [1.807, 2.05) is 6.92 Å². The first kappa shape index (κ1) is 16.9. The summed E-state index contributed by atoms with van der Waals surface area (Å²) in [5.41, 5.74) is 1.01. The molecule has 0 aliphatic carbocycles. The van der Waals surface area contributed by atoms with Gasteiger partial charge >= 0.3 is 6.09 Å². The molecule has 3 rings (SSSR count). The van der Waals surface area contributed by atoms with Crippen LogP contribution in [-0.4, -0.2) is 67.3 Å². The van der Waals surface area contributed by atoms with Gasteiger partial charge in [-0.15, -0.1) is 0 Å². The normalized spacial score (nSPS) is 21.0. The topological polar surface area (TPSA) is 101 Å². The van der Waals surface area contributed by atoms with Crippen molar-refractivity contribution >= 4 is 12.0 Å². The number of para-hydroxylation sites is 1. The number of carboxylic acid groups (broad SMARTS) is 1. The molecule has 1 aromatic carbocycles. The summed E-state index contributed by atoms with van der Waals surface area (Å²) in [7, 11) is 0. The molecule has 1 fully saturated rings. The van der Waals surface area contributed by atoms with E-state index in [1.165, 1.54) is 17.2 Å². The van der Waals surface area contributed by atoms with Crippen LogP contribution in [-0.2, 0) is 4.84 Å². The molecule has 1 aliphatic heterocycles. The minimum atomic E-state index is -1.17. The average Bonchev–Trinajstić information content (AvgIpc) is 3.07. The van der Waals surface area contributed by atoms with Crippen LogP contribution >= 0.6 is 0 Å². The van der Waals surface area contributed by atoms with Crippen LogP contribution in [0.4, 0.5) is 4.79 Å². The molecule has 2 atom stereocenters. The van der Waals surface area contributed by atoms with Gasteiger partial charge in [0, 0.05) is 6.04 Å². The van der Waals surface area contributed by atoms with Crippen LogP contribution in [0.25, 0.3) is 5.69 Å². The molecule has 9 heteroatoms. The minimum absolute atomic E-state index is 0.0770. The standard InChI is InChI=1S/C16H19N5O4/c1-11-9-19(16(23)24)25-10-12(2)20(11)15(22)13-5-3-4-6-14(13)21-17-7-8-18-21/h3-8,11-12H,9-10H2,1-2H3,(H,23,24)/t11-,12+/m0/s1. The second-order valence-corrected chi connectivity index (χ2v) is 5.89. The van der Waals surface area contributed by atoms with E-state index in [9.17, 15) is 9.59 Å². The van der Waals surface area contributed by atoms with Gasteiger partial charge in [0.1, 0.15) is 0 Å². The number of amides is 2. The number of benzene rings is 1. The molecule has 2 aromatic rings.